The predicted molar refractivity (Wildman–Crippen MR) is 86.2 cm³/mol. The molecule has 5 heteroatoms. The molecule has 1 aliphatic carbocycles. The summed E-state index contributed by atoms with van der Waals surface area (Å²) in [6.45, 7) is 2.02. The van der Waals surface area contributed by atoms with Gasteiger partial charge in [-0.15, -0.1) is 0 Å². The number of benzene rings is 1. The van der Waals surface area contributed by atoms with Crippen LogP contribution in [0.1, 0.15) is 30.2 Å². The first-order valence-electron chi connectivity index (χ1n) is 7.62. The fourth-order valence-electron chi connectivity index (χ4n) is 2.88. The Kier molecular flexibility index (Phi) is 4.27. The standard InChI is InChI=1S/C17H20N2O2S/c1-2-13-5-3-7-16(11-13)22(20,21)19-15-8-9-17-14(12-15)6-4-10-18-17/h3-7,10-11,15,19H,2,8-9,12H2,1H3. The zero-order valence-corrected chi connectivity index (χ0v) is 13.4. The van der Waals surface area contributed by atoms with Crippen molar-refractivity contribution < 1.29 is 8.42 Å². The number of nitrogens with one attached hydrogen (secondary N) is 1. The molecule has 4 nitrogen and oxygen atoms in total. The lowest BCUT2D eigenvalue weighted by Gasteiger charge is -2.24. The number of sulfonamides is 1. The molecule has 1 aromatic heterocycles. The van der Waals surface area contributed by atoms with Crippen LogP contribution in [0, 0.1) is 0 Å². The average molecular weight is 316 g/mol. The Hall–Kier alpha value is -1.72. The van der Waals surface area contributed by atoms with Gasteiger partial charge in [0.05, 0.1) is 4.90 Å². The van der Waals surface area contributed by atoms with Gasteiger partial charge in [-0.05, 0) is 55.0 Å². The highest BCUT2D eigenvalue weighted by Gasteiger charge is 2.24. The van der Waals surface area contributed by atoms with Crippen LogP contribution in [0.25, 0.3) is 0 Å². The van der Waals surface area contributed by atoms with Gasteiger partial charge in [0.25, 0.3) is 0 Å². The SMILES string of the molecule is CCc1cccc(S(=O)(=O)NC2CCc3ncccc3C2)c1. The lowest BCUT2D eigenvalue weighted by Crippen LogP contribution is -2.39. The highest BCUT2D eigenvalue weighted by atomic mass is 32.2. The van der Waals surface area contributed by atoms with E-state index in [1.165, 1.54) is 0 Å². The molecule has 1 unspecified atom stereocenters. The first kappa shape index (κ1) is 15.2. The second-order valence-corrected chi connectivity index (χ2v) is 7.39. The second kappa shape index (κ2) is 6.18. The van der Waals surface area contributed by atoms with Crippen LogP contribution >= 0.6 is 0 Å². The Bertz CT molecular complexity index is 772. The van der Waals surface area contributed by atoms with Gasteiger partial charge >= 0.3 is 0 Å². The highest BCUT2D eigenvalue weighted by Crippen LogP contribution is 2.21. The van der Waals surface area contributed by atoms with Crippen LogP contribution in [0.5, 0.6) is 0 Å². The number of hydrogen-bond donors (Lipinski definition) is 1. The quantitative estimate of drug-likeness (QED) is 0.943. The number of hydrogen-bond acceptors (Lipinski definition) is 3. The molecule has 22 heavy (non-hydrogen) atoms. The van der Waals surface area contributed by atoms with Gasteiger partial charge in [0.2, 0.25) is 10.0 Å². The molecule has 0 radical (unpaired) electrons. The largest absolute Gasteiger partial charge is 0.261 e. The maximum absolute atomic E-state index is 12.6. The van der Waals surface area contributed by atoms with Gasteiger partial charge in [-0.1, -0.05) is 25.1 Å². The van der Waals surface area contributed by atoms with Crippen molar-refractivity contribution >= 4 is 10.0 Å². The lowest BCUT2D eigenvalue weighted by atomic mass is 9.93. The van der Waals surface area contributed by atoms with Crippen LogP contribution in [0.2, 0.25) is 0 Å². The van der Waals surface area contributed by atoms with E-state index in [0.29, 0.717) is 11.3 Å². The van der Waals surface area contributed by atoms with Crippen LogP contribution in [0.3, 0.4) is 0 Å². The highest BCUT2D eigenvalue weighted by molar-refractivity contribution is 7.89. The maximum atomic E-state index is 12.6. The molecule has 0 aliphatic heterocycles. The third-order valence-electron chi connectivity index (χ3n) is 4.12. The fourth-order valence-corrected chi connectivity index (χ4v) is 4.22. The molecule has 0 saturated carbocycles. The molecule has 0 bridgehead atoms. The Balaban J connectivity index is 1.78. The van der Waals surface area contributed by atoms with Gasteiger partial charge in [-0.3, -0.25) is 4.98 Å². The number of nitrogens with zero attached hydrogens (tertiary/aromatic N) is 1. The van der Waals surface area contributed by atoms with Crippen molar-refractivity contribution in [1.29, 1.82) is 0 Å². The van der Waals surface area contributed by atoms with Gasteiger partial charge in [0.15, 0.2) is 0 Å². The number of pyridine rings is 1. The van der Waals surface area contributed by atoms with E-state index in [0.717, 1.165) is 36.1 Å². The van der Waals surface area contributed by atoms with E-state index >= 15 is 0 Å². The summed E-state index contributed by atoms with van der Waals surface area (Å²) in [7, 11) is -3.47. The van der Waals surface area contributed by atoms with E-state index in [4.69, 9.17) is 0 Å². The normalized spacial score (nSPS) is 18.0. The Labute approximate surface area is 131 Å². The smallest absolute Gasteiger partial charge is 0.240 e. The summed E-state index contributed by atoms with van der Waals surface area (Å²) in [4.78, 5) is 4.70. The number of rotatable bonds is 4. The number of fused-ring (bicyclic) bond motifs is 1. The minimum absolute atomic E-state index is 0.0630. The van der Waals surface area contributed by atoms with Crippen molar-refractivity contribution in [2.75, 3.05) is 0 Å². The molecule has 0 fully saturated rings. The third-order valence-corrected chi connectivity index (χ3v) is 5.64. The molecule has 1 N–H and O–H groups in total. The summed E-state index contributed by atoms with van der Waals surface area (Å²) in [6, 6.07) is 11.0. The lowest BCUT2D eigenvalue weighted by molar-refractivity contribution is 0.503. The molecule has 1 heterocycles. The minimum Gasteiger partial charge on any atom is -0.261 e. The van der Waals surface area contributed by atoms with Crippen LogP contribution < -0.4 is 4.72 Å². The van der Waals surface area contributed by atoms with Crippen LogP contribution in [0.4, 0.5) is 0 Å². The average Bonchev–Trinajstić information content (AvgIpc) is 2.54. The second-order valence-electron chi connectivity index (χ2n) is 5.67. The number of aromatic nitrogens is 1. The zero-order chi connectivity index (χ0) is 15.6. The first-order valence-corrected chi connectivity index (χ1v) is 9.11. The summed E-state index contributed by atoms with van der Waals surface area (Å²) < 4.78 is 28.0. The molecule has 0 spiro atoms. The van der Waals surface area contributed by atoms with Crippen molar-refractivity contribution in [2.24, 2.45) is 0 Å². The van der Waals surface area contributed by atoms with Gasteiger partial charge in [0.1, 0.15) is 0 Å². The van der Waals surface area contributed by atoms with E-state index < -0.39 is 10.0 Å². The molecule has 3 rings (SSSR count). The predicted octanol–water partition coefficient (Wildman–Crippen LogP) is 2.48. The van der Waals surface area contributed by atoms with E-state index in [2.05, 4.69) is 9.71 Å². The van der Waals surface area contributed by atoms with E-state index in [-0.39, 0.29) is 6.04 Å². The Morgan fingerprint density at radius 1 is 1.27 bits per heavy atom. The van der Waals surface area contributed by atoms with Gasteiger partial charge < -0.3 is 0 Å². The molecular weight excluding hydrogens is 296 g/mol. The van der Waals surface area contributed by atoms with E-state index in [1.54, 1.807) is 24.4 Å². The molecule has 0 amide bonds. The summed E-state index contributed by atoms with van der Waals surface area (Å²) in [6.07, 6.45) is 4.93. The summed E-state index contributed by atoms with van der Waals surface area (Å²) in [5, 5.41) is 0. The zero-order valence-electron chi connectivity index (χ0n) is 12.6. The monoisotopic (exact) mass is 316 g/mol. The van der Waals surface area contributed by atoms with Crippen molar-refractivity contribution in [3.05, 3.63) is 59.4 Å². The van der Waals surface area contributed by atoms with Crippen LogP contribution in [-0.4, -0.2) is 19.4 Å². The molecule has 0 saturated heterocycles. The first-order chi connectivity index (χ1) is 10.6. The van der Waals surface area contributed by atoms with Gasteiger partial charge in [0, 0.05) is 17.9 Å². The summed E-state index contributed by atoms with van der Waals surface area (Å²) in [5.41, 5.74) is 3.26. The Morgan fingerprint density at radius 3 is 2.95 bits per heavy atom. The molecule has 116 valence electrons. The maximum Gasteiger partial charge on any atom is 0.240 e. The Morgan fingerprint density at radius 2 is 2.14 bits per heavy atom. The van der Waals surface area contributed by atoms with Crippen molar-refractivity contribution in [1.82, 2.24) is 9.71 Å². The molecule has 1 aliphatic rings. The fraction of sp³-hybridized carbons (Fsp3) is 0.353. The van der Waals surface area contributed by atoms with E-state index in [1.807, 2.05) is 25.1 Å². The van der Waals surface area contributed by atoms with Crippen LogP contribution in [0.15, 0.2) is 47.5 Å². The van der Waals surface area contributed by atoms with Crippen LogP contribution in [-0.2, 0) is 29.3 Å². The topological polar surface area (TPSA) is 59.1 Å². The molecule has 1 aromatic carbocycles. The van der Waals surface area contributed by atoms with Crippen molar-refractivity contribution in [3.63, 3.8) is 0 Å². The van der Waals surface area contributed by atoms with Gasteiger partial charge in [-0.2, -0.15) is 0 Å². The summed E-state index contributed by atoms with van der Waals surface area (Å²) in [5.74, 6) is 0. The van der Waals surface area contributed by atoms with Crippen molar-refractivity contribution in [3.8, 4) is 0 Å². The third kappa shape index (κ3) is 3.20. The molecule has 2 aromatic rings. The molecule has 1 atom stereocenters. The van der Waals surface area contributed by atoms with Gasteiger partial charge in [-0.25, -0.2) is 13.1 Å². The summed E-state index contributed by atoms with van der Waals surface area (Å²) >= 11 is 0. The molecular formula is C17H20N2O2S. The number of aryl methyl sites for hydroxylation is 2. The van der Waals surface area contributed by atoms with E-state index in [9.17, 15) is 8.42 Å². The minimum atomic E-state index is -3.47. The van der Waals surface area contributed by atoms with Crippen molar-refractivity contribution in [2.45, 2.75) is 43.5 Å².